The highest BCUT2D eigenvalue weighted by atomic mass is 16.5. The Morgan fingerprint density at radius 2 is 1.81 bits per heavy atom. The molecule has 0 spiro atoms. The van der Waals surface area contributed by atoms with Crippen molar-refractivity contribution in [3.63, 3.8) is 0 Å². The Hall–Kier alpha value is -4.14. The van der Waals surface area contributed by atoms with Crippen LogP contribution >= 0.6 is 0 Å². The molecule has 0 saturated heterocycles. The van der Waals surface area contributed by atoms with Crippen molar-refractivity contribution in [2.45, 2.75) is 0 Å². The van der Waals surface area contributed by atoms with Crippen molar-refractivity contribution >= 4 is 23.1 Å². The average Bonchev–Trinajstić information content (AvgIpc) is 3.23. The lowest BCUT2D eigenvalue weighted by molar-refractivity contribution is 0.102. The van der Waals surface area contributed by atoms with Crippen LogP contribution < -0.4 is 19.7 Å². The molecular formula is C22H22N6O3. The molecule has 0 saturated carbocycles. The van der Waals surface area contributed by atoms with E-state index in [-0.39, 0.29) is 11.6 Å². The Labute approximate surface area is 179 Å². The van der Waals surface area contributed by atoms with Gasteiger partial charge in [0.1, 0.15) is 5.82 Å². The number of anilines is 2. The lowest BCUT2D eigenvalue weighted by atomic mass is 10.1. The van der Waals surface area contributed by atoms with E-state index in [9.17, 15) is 4.79 Å². The third-order valence-corrected chi connectivity index (χ3v) is 4.78. The largest absolute Gasteiger partial charge is 0.493 e. The van der Waals surface area contributed by atoms with Crippen LogP contribution in [-0.4, -0.2) is 53.8 Å². The van der Waals surface area contributed by atoms with E-state index >= 15 is 0 Å². The minimum absolute atomic E-state index is 0.235. The van der Waals surface area contributed by atoms with Crippen molar-refractivity contribution in [3.05, 3.63) is 60.6 Å². The average molecular weight is 418 g/mol. The van der Waals surface area contributed by atoms with Crippen LogP contribution in [0.3, 0.4) is 0 Å². The second-order valence-electron chi connectivity index (χ2n) is 6.95. The molecule has 0 fully saturated rings. The van der Waals surface area contributed by atoms with Gasteiger partial charge in [-0.2, -0.15) is 5.10 Å². The van der Waals surface area contributed by atoms with E-state index in [1.165, 1.54) is 0 Å². The molecule has 4 aromatic rings. The van der Waals surface area contributed by atoms with Crippen molar-refractivity contribution in [2.75, 3.05) is 38.5 Å². The van der Waals surface area contributed by atoms with E-state index in [0.717, 1.165) is 16.9 Å². The fourth-order valence-corrected chi connectivity index (χ4v) is 3.13. The number of benzene rings is 1. The quantitative estimate of drug-likeness (QED) is 0.514. The van der Waals surface area contributed by atoms with Crippen molar-refractivity contribution in [3.8, 4) is 22.8 Å². The van der Waals surface area contributed by atoms with Crippen LogP contribution in [0, 0.1) is 0 Å². The smallest absolute Gasteiger partial charge is 0.277 e. The maximum atomic E-state index is 12.7. The maximum Gasteiger partial charge on any atom is 0.277 e. The van der Waals surface area contributed by atoms with E-state index in [0.29, 0.717) is 23.0 Å². The molecule has 4 rings (SSSR count). The van der Waals surface area contributed by atoms with Crippen molar-refractivity contribution in [1.82, 2.24) is 19.6 Å². The normalized spacial score (nSPS) is 10.7. The van der Waals surface area contributed by atoms with Crippen LogP contribution in [-0.2, 0) is 0 Å². The summed E-state index contributed by atoms with van der Waals surface area (Å²) >= 11 is 0. The first kappa shape index (κ1) is 20.1. The molecule has 0 atom stereocenters. The number of nitrogens with zero attached hydrogens (tertiary/aromatic N) is 5. The molecule has 1 N–H and O–H groups in total. The second kappa shape index (κ2) is 8.31. The molecule has 158 valence electrons. The summed E-state index contributed by atoms with van der Waals surface area (Å²) in [5, 5.41) is 7.23. The van der Waals surface area contributed by atoms with Crippen LogP contribution in [0.2, 0.25) is 0 Å². The van der Waals surface area contributed by atoms with Crippen LogP contribution in [0.15, 0.2) is 54.9 Å². The van der Waals surface area contributed by atoms with E-state index in [1.807, 2.05) is 49.3 Å². The maximum absolute atomic E-state index is 12.7. The highest BCUT2D eigenvalue weighted by Crippen LogP contribution is 2.32. The van der Waals surface area contributed by atoms with Gasteiger partial charge >= 0.3 is 0 Å². The summed E-state index contributed by atoms with van der Waals surface area (Å²) in [7, 11) is 7.02. The second-order valence-corrected chi connectivity index (χ2v) is 6.95. The van der Waals surface area contributed by atoms with Gasteiger partial charge in [0.05, 0.1) is 31.8 Å². The minimum Gasteiger partial charge on any atom is -0.493 e. The Balaban J connectivity index is 1.65. The molecule has 0 aliphatic rings. The zero-order valence-electron chi connectivity index (χ0n) is 17.7. The predicted octanol–water partition coefficient (Wildman–Crippen LogP) is 3.13. The first-order chi connectivity index (χ1) is 15.0. The predicted molar refractivity (Wildman–Crippen MR) is 118 cm³/mol. The molecular weight excluding hydrogens is 396 g/mol. The number of amides is 1. The molecule has 0 aliphatic heterocycles. The van der Waals surface area contributed by atoms with Gasteiger partial charge in [0.25, 0.3) is 5.91 Å². The summed E-state index contributed by atoms with van der Waals surface area (Å²) in [6.07, 6.45) is 3.36. The number of ether oxygens (including phenoxy) is 2. The number of carbonyl (C=O) groups is 1. The molecule has 9 nitrogen and oxygen atoms in total. The summed E-state index contributed by atoms with van der Waals surface area (Å²) in [5.74, 6) is 1.31. The van der Waals surface area contributed by atoms with Crippen LogP contribution in [0.5, 0.6) is 11.5 Å². The van der Waals surface area contributed by atoms with E-state index in [2.05, 4.69) is 20.4 Å². The SMILES string of the molecule is COc1ccc(-c2ccnc3cc(C(=O)Nc4ccc(N(C)C)cn4)nn23)cc1OC. The Morgan fingerprint density at radius 3 is 2.48 bits per heavy atom. The number of hydrogen-bond acceptors (Lipinski definition) is 7. The first-order valence-corrected chi connectivity index (χ1v) is 9.52. The number of carbonyl (C=O) groups excluding carboxylic acids is 1. The number of nitrogens with one attached hydrogen (secondary N) is 1. The summed E-state index contributed by atoms with van der Waals surface area (Å²) in [6.45, 7) is 0. The van der Waals surface area contributed by atoms with Crippen molar-refractivity contribution in [1.29, 1.82) is 0 Å². The third-order valence-electron chi connectivity index (χ3n) is 4.78. The number of hydrogen-bond donors (Lipinski definition) is 1. The molecule has 0 aliphatic carbocycles. The van der Waals surface area contributed by atoms with Crippen LogP contribution in [0.4, 0.5) is 11.5 Å². The van der Waals surface area contributed by atoms with Crippen LogP contribution in [0.1, 0.15) is 10.5 Å². The van der Waals surface area contributed by atoms with Gasteiger partial charge in [0.2, 0.25) is 0 Å². The fraction of sp³-hybridized carbons (Fsp3) is 0.182. The molecule has 1 aromatic carbocycles. The molecule has 3 aromatic heterocycles. The number of rotatable bonds is 6. The Bertz CT molecular complexity index is 1230. The lowest BCUT2D eigenvalue weighted by Crippen LogP contribution is -2.14. The van der Waals surface area contributed by atoms with Gasteiger partial charge in [-0.1, -0.05) is 0 Å². The number of methoxy groups -OCH3 is 2. The Kier molecular flexibility index (Phi) is 5.40. The number of fused-ring (bicyclic) bond motifs is 1. The summed E-state index contributed by atoms with van der Waals surface area (Å²) in [5.41, 5.74) is 3.33. The first-order valence-electron chi connectivity index (χ1n) is 9.52. The zero-order chi connectivity index (χ0) is 22.0. The molecule has 3 heterocycles. The van der Waals surface area contributed by atoms with Gasteiger partial charge in [-0.25, -0.2) is 14.5 Å². The standard InChI is InChI=1S/C22H22N6O3/c1-27(2)15-6-8-20(24-13-15)25-22(29)16-12-21-23-10-9-17(28(21)26-16)14-5-7-18(30-3)19(11-14)31-4/h5-13H,1-4H3,(H,24,25,29). The molecule has 9 heteroatoms. The fourth-order valence-electron chi connectivity index (χ4n) is 3.13. The minimum atomic E-state index is -0.367. The van der Waals surface area contributed by atoms with Gasteiger partial charge in [-0.05, 0) is 36.4 Å². The monoisotopic (exact) mass is 418 g/mol. The van der Waals surface area contributed by atoms with E-state index in [4.69, 9.17) is 9.47 Å². The van der Waals surface area contributed by atoms with Gasteiger partial charge in [-0.3, -0.25) is 4.79 Å². The number of aromatic nitrogens is 4. The van der Waals surface area contributed by atoms with Gasteiger partial charge < -0.3 is 19.7 Å². The summed E-state index contributed by atoms with van der Waals surface area (Å²) in [6, 6.07) is 12.7. The van der Waals surface area contributed by atoms with Crippen molar-refractivity contribution in [2.24, 2.45) is 0 Å². The van der Waals surface area contributed by atoms with Gasteiger partial charge in [0.15, 0.2) is 22.8 Å². The molecule has 0 radical (unpaired) electrons. The number of pyridine rings is 1. The van der Waals surface area contributed by atoms with Gasteiger partial charge in [0, 0.05) is 31.9 Å². The summed E-state index contributed by atoms with van der Waals surface area (Å²) in [4.78, 5) is 23.3. The van der Waals surface area contributed by atoms with E-state index in [1.54, 1.807) is 43.3 Å². The molecule has 31 heavy (non-hydrogen) atoms. The molecule has 1 amide bonds. The third kappa shape index (κ3) is 3.97. The molecule has 0 unspecified atom stereocenters. The summed E-state index contributed by atoms with van der Waals surface area (Å²) < 4.78 is 12.3. The van der Waals surface area contributed by atoms with Gasteiger partial charge in [-0.15, -0.1) is 0 Å². The highest BCUT2D eigenvalue weighted by Gasteiger charge is 2.16. The van der Waals surface area contributed by atoms with E-state index < -0.39 is 0 Å². The lowest BCUT2D eigenvalue weighted by Gasteiger charge is -2.11. The Morgan fingerprint density at radius 1 is 1.00 bits per heavy atom. The molecule has 0 bridgehead atoms. The zero-order valence-corrected chi connectivity index (χ0v) is 17.7. The highest BCUT2D eigenvalue weighted by molar-refractivity contribution is 6.03. The van der Waals surface area contributed by atoms with Crippen molar-refractivity contribution < 1.29 is 14.3 Å². The topological polar surface area (TPSA) is 93.9 Å². The van der Waals surface area contributed by atoms with Crippen LogP contribution in [0.25, 0.3) is 16.9 Å².